The molecular formula is C17H16N6O2S. The summed E-state index contributed by atoms with van der Waals surface area (Å²) in [6.07, 6.45) is 1.56. The minimum absolute atomic E-state index is 0.188. The van der Waals surface area contributed by atoms with E-state index in [1.807, 2.05) is 25.3 Å². The second-order valence-corrected chi connectivity index (χ2v) is 7.04. The molecule has 0 saturated carbocycles. The Morgan fingerprint density at radius 3 is 3.00 bits per heavy atom. The van der Waals surface area contributed by atoms with Crippen LogP contribution in [0.2, 0.25) is 0 Å². The monoisotopic (exact) mass is 368 g/mol. The molecule has 0 aromatic carbocycles. The maximum atomic E-state index is 12.8. The molecule has 4 heterocycles. The Labute approximate surface area is 152 Å². The number of nitrogens with one attached hydrogen (secondary N) is 1. The van der Waals surface area contributed by atoms with Crippen LogP contribution in [0.3, 0.4) is 0 Å². The van der Waals surface area contributed by atoms with Gasteiger partial charge in [-0.3, -0.25) is 9.59 Å². The van der Waals surface area contributed by atoms with Crippen LogP contribution in [0.4, 0.5) is 0 Å². The minimum Gasteiger partial charge on any atom is -0.334 e. The molecule has 9 heteroatoms. The van der Waals surface area contributed by atoms with Crippen LogP contribution in [0.25, 0.3) is 15.9 Å². The summed E-state index contributed by atoms with van der Waals surface area (Å²) in [4.78, 5) is 37.9. The first kappa shape index (κ1) is 16.4. The molecule has 0 unspecified atom stereocenters. The Morgan fingerprint density at radius 1 is 1.38 bits per heavy atom. The number of hydrogen-bond donors (Lipinski definition) is 1. The average molecular weight is 368 g/mol. The van der Waals surface area contributed by atoms with E-state index in [2.05, 4.69) is 20.1 Å². The lowest BCUT2D eigenvalue weighted by Crippen LogP contribution is -2.29. The third-order valence-corrected chi connectivity index (χ3v) is 5.08. The first-order chi connectivity index (χ1) is 12.4. The summed E-state index contributed by atoms with van der Waals surface area (Å²) in [5, 5.41) is 6.18. The number of carbonyl (C=O) groups excluding carboxylic acids is 1. The zero-order valence-corrected chi connectivity index (χ0v) is 15.3. The van der Waals surface area contributed by atoms with Crippen molar-refractivity contribution in [1.82, 2.24) is 29.5 Å². The predicted octanol–water partition coefficient (Wildman–Crippen LogP) is 1.92. The minimum atomic E-state index is -0.210. The van der Waals surface area contributed by atoms with Crippen molar-refractivity contribution in [3.63, 3.8) is 0 Å². The first-order valence-corrected chi connectivity index (χ1v) is 8.86. The Hall–Kier alpha value is -3.07. The summed E-state index contributed by atoms with van der Waals surface area (Å²) >= 11 is 1.34. The standard InChI is InChI=1S/C17H16N6O2S/c1-9-6-14-18-7-11(10(2)23(14)21-9)17(25)22(3)8-13-19-12-4-5-26-15(12)16(24)20-13/h4-7H,8H2,1-3H3,(H,19,20,24). The van der Waals surface area contributed by atoms with Crippen molar-refractivity contribution >= 4 is 33.1 Å². The zero-order chi connectivity index (χ0) is 18.4. The molecule has 0 fully saturated rings. The molecule has 4 aromatic rings. The lowest BCUT2D eigenvalue weighted by atomic mass is 10.2. The number of aryl methyl sites for hydroxylation is 2. The van der Waals surface area contributed by atoms with Gasteiger partial charge in [0.1, 0.15) is 10.5 Å². The molecule has 0 saturated heterocycles. The van der Waals surface area contributed by atoms with Gasteiger partial charge in [0, 0.05) is 19.3 Å². The van der Waals surface area contributed by atoms with Crippen LogP contribution in [0.5, 0.6) is 0 Å². The molecule has 0 atom stereocenters. The van der Waals surface area contributed by atoms with E-state index < -0.39 is 0 Å². The summed E-state index contributed by atoms with van der Waals surface area (Å²) in [5.41, 5.74) is 3.17. The molecule has 0 spiro atoms. The number of fused-ring (bicyclic) bond motifs is 2. The molecule has 0 aliphatic carbocycles. The summed E-state index contributed by atoms with van der Waals surface area (Å²) in [5.74, 6) is 0.233. The van der Waals surface area contributed by atoms with Crippen molar-refractivity contribution in [1.29, 1.82) is 0 Å². The fraction of sp³-hybridized carbons (Fsp3) is 0.235. The molecule has 8 nitrogen and oxygen atoms in total. The number of hydrogen-bond acceptors (Lipinski definition) is 6. The molecule has 0 bridgehead atoms. The van der Waals surface area contributed by atoms with E-state index in [1.165, 1.54) is 16.2 Å². The van der Waals surface area contributed by atoms with Crippen molar-refractivity contribution in [3.8, 4) is 0 Å². The van der Waals surface area contributed by atoms with Crippen molar-refractivity contribution in [2.24, 2.45) is 0 Å². The third-order valence-electron chi connectivity index (χ3n) is 4.17. The van der Waals surface area contributed by atoms with E-state index >= 15 is 0 Å². The highest BCUT2D eigenvalue weighted by Gasteiger charge is 2.19. The fourth-order valence-electron chi connectivity index (χ4n) is 2.87. The van der Waals surface area contributed by atoms with Gasteiger partial charge in [0.15, 0.2) is 5.65 Å². The molecule has 0 aliphatic rings. The van der Waals surface area contributed by atoms with E-state index in [4.69, 9.17) is 0 Å². The van der Waals surface area contributed by atoms with Crippen LogP contribution >= 0.6 is 11.3 Å². The van der Waals surface area contributed by atoms with Crippen LogP contribution in [0.1, 0.15) is 27.6 Å². The van der Waals surface area contributed by atoms with Crippen LogP contribution in [-0.2, 0) is 6.54 Å². The quantitative estimate of drug-likeness (QED) is 0.596. The highest BCUT2D eigenvalue weighted by Crippen LogP contribution is 2.16. The SMILES string of the molecule is Cc1cc2ncc(C(=O)N(C)Cc3nc4ccsc4c(=O)[nH]3)c(C)n2n1. The average Bonchev–Trinajstić information content (AvgIpc) is 3.21. The lowest BCUT2D eigenvalue weighted by molar-refractivity contribution is 0.0779. The molecule has 1 amide bonds. The van der Waals surface area contributed by atoms with E-state index in [0.29, 0.717) is 27.3 Å². The van der Waals surface area contributed by atoms with E-state index in [-0.39, 0.29) is 18.0 Å². The molecule has 4 aromatic heterocycles. The Balaban J connectivity index is 1.65. The topological polar surface area (TPSA) is 96.2 Å². The number of amides is 1. The maximum absolute atomic E-state index is 12.8. The van der Waals surface area contributed by atoms with Gasteiger partial charge in [0.2, 0.25) is 0 Å². The van der Waals surface area contributed by atoms with Gasteiger partial charge < -0.3 is 9.88 Å². The Morgan fingerprint density at radius 2 is 2.19 bits per heavy atom. The van der Waals surface area contributed by atoms with Crippen LogP contribution in [0, 0.1) is 13.8 Å². The summed E-state index contributed by atoms with van der Waals surface area (Å²) < 4.78 is 2.25. The molecule has 132 valence electrons. The third kappa shape index (κ3) is 2.66. The van der Waals surface area contributed by atoms with Gasteiger partial charge in [0.25, 0.3) is 11.5 Å². The Kier molecular flexibility index (Phi) is 3.80. The normalized spacial score (nSPS) is 11.3. The second kappa shape index (κ2) is 6.03. The summed E-state index contributed by atoms with van der Waals surface area (Å²) in [6, 6.07) is 3.65. The van der Waals surface area contributed by atoms with Crippen molar-refractivity contribution < 1.29 is 4.79 Å². The maximum Gasteiger partial charge on any atom is 0.268 e. The van der Waals surface area contributed by atoms with E-state index in [0.717, 1.165) is 11.4 Å². The Bertz CT molecular complexity index is 1210. The van der Waals surface area contributed by atoms with Gasteiger partial charge in [-0.2, -0.15) is 5.10 Å². The number of rotatable bonds is 3. The number of aromatic amines is 1. The first-order valence-electron chi connectivity index (χ1n) is 7.98. The number of H-pyrrole nitrogens is 1. The van der Waals surface area contributed by atoms with E-state index in [1.54, 1.807) is 23.8 Å². The van der Waals surface area contributed by atoms with Crippen molar-refractivity contribution in [2.45, 2.75) is 20.4 Å². The highest BCUT2D eigenvalue weighted by molar-refractivity contribution is 7.17. The van der Waals surface area contributed by atoms with Gasteiger partial charge >= 0.3 is 0 Å². The highest BCUT2D eigenvalue weighted by atomic mass is 32.1. The summed E-state index contributed by atoms with van der Waals surface area (Å²) in [7, 11) is 1.66. The van der Waals surface area contributed by atoms with Gasteiger partial charge in [-0.1, -0.05) is 0 Å². The molecular weight excluding hydrogens is 352 g/mol. The molecule has 1 N–H and O–H groups in total. The molecule has 26 heavy (non-hydrogen) atoms. The van der Waals surface area contributed by atoms with Gasteiger partial charge in [-0.15, -0.1) is 11.3 Å². The zero-order valence-electron chi connectivity index (χ0n) is 14.5. The second-order valence-electron chi connectivity index (χ2n) is 6.12. The number of thiophene rings is 1. The fourth-order valence-corrected chi connectivity index (χ4v) is 3.60. The van der Waals surface area contributed by atoms with Crippen LogP contribution < -0.4 is 5.56 Å². The lowest BCUT2D eigenvalue weighted by Gasteiger charge is -2.17. The largest absolute Gasteiger partial charge is 0.334 e. The molecule has 0 radical (unpaired) electrons. The van der Waals surface area contributed by atoms with Crippen LogP contribution in [0.15, 0.2) is 28.5 Å². The molecule has 0 aliphatic heterocycles. The number of aromatic nitrogens is 5. The smallest absolute Gasteiger partial charge is 0.268 e. The van der Waals surface area contributed by atoms with Gasteiger partial charge in [0.05, 0.1) is 29.0 Å². The molecule has 4 rings (SSSR count). The number of carbonyl (C=O) groups is 1. The van der Waals surface area contributed by atoms with Crippen LogP contribution in [-0.4, -0.2) is 42.4 Å². The van der Waals surface area contributed by atoms with Gasteiger partial charge in [-0.05, 0) is 25.3 Å². The van der Waals surface area contributed by atoms with E-state index in [9.17, 15) is 9.59 Å². The summed E-state index contributed by atoms with van der Waals surface area (Å²) in [6.45, 7) is 3.90. The van der Waals surface area contributed by atoms with Gasteiger partial charge in [-0.25, -0.2) is 14.5 Å². The predicted molar refractivity (Wildman–Crippen MR) is 98.5 cm³/mol. The van der Waals surface area contributed by atoms with Crippen molar-refractivity contribution in [3.05, 3.63) is 56.8 Å². The number of nitrogens with zero attached hydrogens (tertiary/aromatic N) is 5. The van der Waals surface area contributed by atoms with Crippen molar-refractivity contribution in [2.75, 3.05) is 7.05 Å².